The minimum absolute atomic E-state index is 0.00202. The van der Waals surface area contributed by atoms with E-state index in [0.29, 0.717) is 60.5 Å². The molecule has 0 heterocycles. The molecule has 0 aliphatic rings. The highest BCUT2D eigenvalue weighted by molar-refractivity contribution is 6.05. The third-order valence-corrected chi connectivity index (χ3v) is 9.23. The van der Waals surface area contributed by atoms with Gasteiger partial charge in [0.05, 0.1) is 18.4 Å². The number of carbonyl (C=O) groups is 4. The molecule has 0 saturated heterocycles. The molecule has 0 spiro atoms. The first kappa shape index (κ1) is 43.3. The standard InChI is InChI=1S/C47H50N4O8/c1-3-4-18-39(48-29-14-13-22-41(46(54)56-2)49-47(55)59-33-34-15-7-5-8-16-34)32-42(52)36-23-25-37(26-24-36)45(53)58-31-30-57-43-28-27-35-17-11-12-21-40(35)44(43)51-50-38-19-9-6-10-20-38/h5-12,15-17,19-21,23-28,32,41,48H,3-4,13-14,18,22,29-31,33H2,1-2H3,(H,49,55)/b39-32+,51-50?/t41-/m0/s1. The Labute approximate surface area is 344 Å². The summed E-state index contributed by atoms with van der Waals surface area (Å²) in [5.74, 6) is -0.769. The Morgan fingerprint density at radius 1 is 0.729 bits per heavy atom. The van der Waals surface area contributed by atoms with Gasteiger partial charge in [-0.3, -0.25) is 4.79 Å². The first-order valence-corrected chi connectivity index (χ1v) is 19.8. The van der Waals surface area contributed by atoms with E-state index in [4.69, 9.17) is 18.9 Å². The zero-order valence-corrected chi connectivity index (χ0v) is 33.4. The Morgan fingerprint density at radius 2 is 1.44 bits per heavy atom. The number of nitrogens with zero attached hydrogens (tertiary/aromatic N) is 2. The van der Waals surface area contributed by atoms with Gasteiger partial charge in [-0.05, 0) is 73.4 Å². The van der Waals surface area contributed by atoms with Crippen LogP contribution < -0.4 is 15.4 Å². The molecule has 0 aliphatic heterocycles. The van der Waals surface area contributed by atoms with Gasteiger partial charge in [-0.25, -0.2) is 14.4 Å². The fourth-order valence-corrected chi connectivity index (χ4v) is 6.04. The van der Waals surface area contributed by atoms with Crippen LogP contribution in [0.4, 0.5) is 16.2 Å². The van der Waals surface area contributed by atoms with Crippen molar-refractivity contribution < 1.29 is 38.1 Å². The van der Waals surface area contributed by atoms with Crippen molar-refractivity contribution in [1.82, 2.24) is 10.6 Å². The van der Waals surface area contributed by atoms with Crippen LogP contribution >= 0.6 is 0 Å². The molecule has 12 nitrogen and oxygen atoms in total. The molecule has 0 aliphatic carbocycles. The number of azo groups is 1. The summed E-state index contributed by atoms with van der Waals surface area (Å²) < 4.78 is 21.6. The summed E-state index contributed by atoms with van der Waals surface area (Å²) >= 11 is 0. The van der Waals surface area contributed by atoms with Crippen LogP contribution in [0.15, 0.2) is 143 Å². The van der Waals surface area contributed by atoms with Gasteiger partial charge in [0.15, 0.2) is 5.78 Å². The molecule has 0 bridgehead atoms. The number of fused-ring (bicyclic) bond motifs is 1. The zero-order valence-electron chi connectivity index (χ0n) is 33.4. The van der Waals surface area contributed by atoms with Crippen molar-refractivity contribution in [2.24, 2.45) is 10.2 Å². The maximum absolute atomic E-state index is 13.2. The topological polar surface area (TPSA) is 154 Å². The van der Waals surface area contributed by atoms with Crippen LogP contribution in [0.3, 0.4) is 0 Å². The summed E-state index contributed by atoms with van der Waals surface area (Å²) in [5, 5.41) is 16.7. The number of methoxy groups -OCH3 is 1. The summed E-state index contributed by atoms with van der Waals surface area (Å²) in [4.78, 5) is 50.8. The number of carbonyl (C=O) groups excluding carboxylic acids is 4. The molecular formula is C47H50N4O8. The van der Waals surface area contributed by atoms with E-state index in [9.17, 15) is 19.2 Å². The molecule has 5 aromatic carbocycles. The van der Waals surface area contributed by atoms with Crippen molar-refractivity contribution in [2.45, 2.75) is 58.1 Å². The van der Waals surface area contributed by atoms with Crippen LogP contribution in [0.2, 0.25) is 0 Å². The first-order chi connectivity index (χ1) is 28.8. The SMILES string of the molecule is CCCC/C(=C\C(=O)c1ccc(C(=O)OCCOc2ccc3ccccc3c2N=Nc2ccccc2)cc1)NCCCC[C@H](NC(=O)OCc1ccccc1)C(=O)OC. The lowest BCUT2D eigenvalue weighted by Crippen LogP contribution is -2.41. The Balaban J connectivity index is 1.08. The molecular weight excluding hydrogens is 749 g/mol. The maximum Gasteiger partial charge on any atom is 0.408 e. The lowest BCUT2D eigenvalue weighted by atomic mass is 10.1. The molecule has 0 unspecified atom stereocenters. The second-order valence-corrected chi connectivity index (χ2v) is 13.6. The average Bonchev–Trinajstić information content (AvgIpc) is 3.28. The van der Waals surface area contributed by atoms with E-state index < -0.39 is 24.1 Å². The molecule has 12 heteroatoms. The number of rotatable bonds is 22. The highest BCUT2D eigenvalue weighted by Crippen LogP contribution is 2.37. The molecule has 2 N–H and O–H groups in total. The van der Waals surface area contributed by atoms with Crippen LogP contribution in [-0.4, -0.2) is 56.7 Å². The summed E-state index contributed by atoms with van der Waals surface area (Å²) in [5.41, 5.74) is 3.66. The average molecular weight is 799 g/mol. The highest BCUT2D eigenvalue weighted by atomic mass is 16.6. The van der Waals surface area contributed by atoms with Crippen LogP contribution in [0, 0.1) is 0 Å². The summed E-state index contributed by atoms with van der Waals surface area (Å²) in [6, 6.07) is 35.8. The molecule has 0 radical (unpaired) electrons. The lowest BCUT2D eigenvalue weighted by Gasteiger charge is -2.17. The van der Waals surface area contributed by atoms with Crippen molar-refractivity contribution >= 4 is 46.0 Å². The van der Waals surface area contributed by atoms with Crippen LogP contribution in [0.5, 0.6) is 5.75 Å². The number of nitrogens with one attached hydrogen (secondary N) is 2. The molecule has 0 saturated carbocycles. The van der Waals surface area contributed by atoms with Crippen molar-refractivity contribution in [2.75, 3.05) is 26.9 Å². The summed E-state index contributed by atoms with van der Waals surface area (Å²) in [7, 11) is 1.28. The van der Waals surface area contributed by atoms with E-state index in [0.717, 1.165) is 34.9 Å². The number of allylic oxidation sites excluding steroid dienone is 2. The quantitative estimate of drug-likeness (QED) is 0.0174. The number of hydrogen-bond acceptors (Lipinski definition) is 11. The maximum atomic E-state index is 13.2. The van der Waals surface area contributed by atoms with E-state index in [1.165, 1.54) is 7.11 Å². The molecule has 1 atom stereocenters. The number of alkyl carbamates (subject to hydrolysis) is 1. The number of esters is 2. The largest absolute Gasteiger partial charge is 0.488 e. The molecule has 0 fully saturated rings. The summed E-state index contributed by atoms with van der Waals surface area (Å²) in [6.07, 6.45) is 5.05. The number of benzene rings is 5. The molecule has 0 aromatic heterocycles. The number of ether oxygens (including phenoxy) is 4. The van der Waals surface area contributed by atoms with E-state index in [-0.39, 0.29) is 25.6 Å². The van der Waals surface area contributed by atoms with Gasteiger partial charge in [0.25, 0.3) is 0 Å². The Bertz CT molecular complexity index is 2190. The Kier molecular flexibility index (Phi) is 17.2. The molecule has 306 valence electrons. The van der Waals surface area contributed by atoms with Crippen molar-refractivity contribution in [1.29, 1.82) is 0 Å². The molecule has 5 aromatic rings. The lowest BCUT2D eigenvalue weighted by molar-refractivity contribution is -0.143. The van der Waals surface area contributed by atoms with Gasteiger partial charge in [-0.2, -0.15) is 5.11 Å². The minimum Gasteiger partial charge on any atom is -0.488 e. The van der Waals surface area contributed by atoms with E-state index >= 15 is 0 Å². The normalized spacial score (nSPS) is 11.8. The van der Waals surface area contributed by atoms with Gasteiger partial charge in [0.2, 0.25) is 0 Å². The van der Waals surface area contributed by atoms with Gasteiger partial charge in [0, 0.05) is 29.3 Å². The van der Waals surface area contributed by atoms with E-state index in [2.05, 4.69) is 27.8 Å². The molecule has 1 amide bonds. The predicted octanol–water partition coefficient (Wildman–Crippen LogP) is 9.98. The third kappa shape index (κ3) is 14.0. The number of hydrogen-bond donors (Lipinski definition) is 2. The van der Waals surface area contributed by atoms with Crippen molar-refractivity contribution in [3.05, 3.63) is 150 Å². The van der Waals surface area contributed by atoms with Crippen molar-refractivity contribution in [3.63, 3.8) is 0 Å². The van der Waals surface area contributed by atoms with Gasteiger partial charge in [-0.15, -0.1) is 5.11 Å². The van der Waals surface area contributed by atoms with Gasteiger partial charge < -0.3 is 29.6 Å². The van der Waals surface area contributed by atoms with Crippen LogP contribution in [0.25, 0.3) is 10.8 Å². The zero-order chi connectivity index (χ0) is 41.7. The monoisotopic (exact) mass is 798 g/mol. The minimum atomic E-state index is -0.847. The van der Waals surface area contributed by atoms with Gasteiger partial charge >= 0.3 is 18.0 Å². The van der Waals surface area contributed by atoms with Crippen molar-refractivity contribution in [3.8, 4) is 5.75 Å². The Morgan fingerprint density at radius 3 is 2.19 bits per heavy atom. The fourth-order valence-electron chi connectivity index (χ4n) is 6.04. The second kappa shape index (κ2) is 23.4. The van der Waals surface area contributed by atoms with E-state index in [1.807, 2.05) is 97.1 Å². The predicted molar refractivity (Wildman–Crippen MR) is 226 cm³/mol. The second-order valence-electron chi connectivity index (χ2n) is 13.6. The smallest absolute Gasteiger partial charge is 0.408 e. The summed E-state index contributed by atoms with van der Waals surface area (Å²) in [6.45, 7) is 2.82. The highest BCUT2D eigenvalue weighted by Gasteiger charge is 2.22. The number of unbranched alkanes of at least 4 members (excludes halogenated alkanes) is 2. The number of ketones is 1. The first-order valence-electron chi connectivity index (χ1n) is 19.8. The fraction of sp³-hybridized carbons (Fsp3) is 0.277. The van der Waals surface area contributed by atoms with Crippen LogP contribution in [-0.2, 0) is 25.6 Å². The van der Waals surface area contributed by atoms with Gasteiger partial charge in [-0.1, -0.05) is 104 Å². The Hall–Kier alpha value is -6.82. The molecule has 59 heavy (non-hydrogen) atoms. The van der Waals surface area contributed by atoms with E-state index in [1.54, 1.807) is 30.3 Å². The number of amides is 1. The van der Waals surface area contributed by atoms with Crippen LogP contribution in [0.1, 0.15) is 71.7 Å². The third-order valence-electron chi connectivity index (χ3n) is 9.23. The van der Waals surface area contributed by atoms with Gasteiger partial charge in [0.1, 0.15) is 37.3 Å². The molecule has 5 rings (SSSR count).